The van der Waals surface area contributed by atoms with Gasteiger partial charge in [-0.25, -0.2) is 0 Å². The number of rotatable bonds is 0. The first kappa shape index (κ1) is 8.94. The maximum Gasteiger partial charge on any atom is 0.0971 e. The van der Waals surface area contributed by atoms with Gasteiger partial charge in [0.1, 0.15) is 0 Å². The van der Waals surface area contributed by atoms with E-state index in [1.165, 1.54) is 0 Å². The van der Waals surface area contributed by atoms with Gasteiger partial charge in [0.2, 0.25) is 0 Å². The summed E-state index contributed by atoms with van der Waals surface area (Å²) in [4.78, 5) is 2.99. The van der Waals surface area contributed by atoms with E-state index in [0.29, 0.717) is 6.04 Å². The van der Waals surface area contributed by atoms with Crippen LogP contribution in [0.25, 0.3) is 0 Å². The monoisotopic (exact) mass is 172 g/mol. The van der Waals surface area contributed by atoms with Crippen molar-refractivity contribution in [2.75, 3.05) is 7.05 Å². The Balaban J connectivity index is 2.70. The lowest BCUT2D eigenvalue weighted by Gasteiger charge is -2.52. The van der Waals surface area contributed by atoms with Crippen LogP contribution in [0.2, 0.25) is 0 Å². The fraction of sp³-hybridized carbons (Fsp3) is 0.875. The third-order valence-electron chi connectivity index (χ3n) is 2.28. The van der Waals surface area contributed by atoms with Crippen molar-refractivity contribution < 1.29 is 0 Å². The van der Waals surface area contributed by atoms with Crippen LogP contribution in [0.1, 0.15) is 20.8 Å². The SMILES string of the molecule is CN1C(=S)[C@@H](N)[C@@H]1C(C)(C)C. The molecular formula is C8H16N2S. The Hall–Kier alpha value is -0.150. The molecule has 0 saturated carbocycles. The molecule has 11 heavy (non-hydrogen) atoms. The average molecular weight is 172 g/mol. The molecule has 0 bridgehead atoms. The summed E-state index contributed by atoms with van der Waals surface area (Å²) in [5.74, 6) is 0. The summed E-state index contributed by atoms with van der Waals surface area (Å²) >= 11 is 5.08. The van der Waals surface area contributed by atoms with E-state index in [1.54, 1.807) is 0 Å². The molecular weight excluding hydrogens is 156 g/mol. The van der Waals surface area contributed by atoms with E-state index in [-0.39, 0.29) is 11.5 Å². The number of likely N-dealkylation sites (N-methyl/N-ethyl adjacent to an activating group) is 1. The van der Waals surface area contributed by atoms with Gasteiger partial charge in [0.15, 0.2) is 0 Å². The molecule has 0 aliphatic carbocycles. The summed E-state index contributed by atoms with van der Waals surface area (Å²) in [5, 5.41) is 0. The van der Waals surface area contributed by atoms with E-state index in [2.05, 4.69) is 25.7 Å². The van der Waals surface area contributed by atoms with Crippen LogP contribution in [0, 0.1) is 5.41 Å². The summed E-state index contributed by atoms with van der Waals surface area (Å²) in [6, 6.07) is 0.505. The van der Waals surface area contributed by atoms with Crippen LogP contribution in [0.5, 0.6) is 0 Å². The minimum Gasteiger partial charge on any atom is -0.362 e. The Morgan fingerprint density at radius 1 is 1.45 bits per heavy atom. The molecule has 2 N–H and O–H groups in total. The third kappa shape index (κ3) is 1.27. The molecule has 1 aliphatic heterocycles. The first-order valence-electron chi connectivity index (χ1n) is 3.88. The number of hydrogen-bond donors (Lipinski definition) is 1. The van der Waals surface area contributed by atoms with Crippen LogP contribution in [-0.2, 0) is 0 Å². The lowest BCUT2D eigenvalue weighted by Crippen LogP contribution is -2.70. The molecule has 1 rings (SSSR count). The molecule has 3 heteroatoms. The van der Waals surface area contributed by atoms with Gasteiger partial charge < -0.3 is 10.6 Å². The number of thiocarbonyl (C=S) groups is 1. The largest absolute Gasteiger partial charge is 0.362 e. The van der Waals surface area contributed by atoms with Crippen LogP contribution < -0.4 is 5.73 Å². The van der Waals surface area contributed by atoms with Gasteiger partial charge in [-0.2, -0.15) is 0 Å². The van der Waals surface area contributed by atoms with Gasteiger partial charge in [-0.05, 0) is 5.41 Å². The zero-order valence-electron chi connectivity index (χ0n) is 7.59. The van der Waals surface area contributed by atoms with Crippen molar-refractivity contribution in [3.63, 3.8) is 0 Å². The summed E-state index contributed by atoms with van der Waals surface area (Å²) < 4.78 is 0. The molecule has 0 aromatic rings. The number of nitrogens with two attached hydrogens (primary N) is 1. The highest BCUT2D eigenvalue weighted by Crippen LogP contribution is 2.33. The predicted octanol–water partition coefficient (Wildman–Crippen LogP) is 1.00. The van der Waals surface area contributed by atoms with Crippen LogP contribution in [0.3, 0.4) is 0 Å². The zero-order valence-corrected chi connectivity index (χ0v) is 8.40. The first-order valence-corrected chi connectivity index (χ1v) is 4.29. The molecule has 1 fully saturated rings. The van der Waals surface area contributed by atoms with E-state index < -0.39 is 0 Å². The summed E-state index contributed by atoms with van der Waals surface area (Å²) in [6.45, 7) is 6.57. The number of hydrogen-bond acceptors (Lipinski definition) is 2. The highest BCUT2D eigenvalue weighted by molar-refractivity contribution is 7.80. The Morgan fingerprint density at radius 2 is 1.91 bits per heavy atom. The second-order valence-electron chi connectivity index (χ2n) is 4.29. The van der Waals surface area contributed by atoms with Crippen LogP contribution in [0.15, 0.2) is 0 Å². The molecule has 0 radical (unpaired) electrons. The molecule has 1 saturated heterocycles. The molecule has 2 atom stereocenters. The topological polar surface area (TPSA) is 29.3 Å². The van der Waals surface area contributed by atoms with Crippen molar-refractivity contribution in [1.82, 2.24) is 4.90 Å². The molecule has 2 nitrogen and oxygen atoms in total. The van der Waals surface area contributed by atoms with E-state index in [4.69, 9.17) is 18.0 Å². The minimum atomic E-state index is 0.0926. The van der Waals surface area contributed by atoms with Crippen molar-refractivity contribution >= 4 is 17.2 Å². The van der Waals surface area contributed by atoms with E-state index in [1.807, 2.05) is 7.05 Å². The normalized spacial score (nSPS) is 32.1. The van der Waals surface area contributed by atoms with Crippen LogP contribution >= 0.6 is 12.2 Å². The van der Waals surface area contributed by atoms with Crippen LogP contribution in [-0.4, -0.2) is 29.0 Å². The molecule has 0 aromatic heterocycles. The van der Waals surface area contributed by atoms with Gasteiger partial charge in [-0.3, -0.25) is 0 Å². The maximum atomic E-state index is 5.86. The van der Waals surface area contributed by atoms with Crippen molar-refractivity contribution in [2.45, 2.75) is 32.9 Å². The standard InChI is InChI=1S/C8H16N2S/c1-8(2,3)6-5(9)7(11)10(6)4/h5-6H,9H2,1-4H3/t5-,6+/m0/s1. The second kappa shape index (κ2) is 2.42. The van der Waals surface area contributed by atoms with Crippen molar-refractivity contribution in [3.05, 3.63) is 0 Å². The lowest BCUT2D eigenvalue weighted by atomic mass is 9.76. The molecule has 0 unspecified atom stereocenters. The minimum absolute atomic E-state index is 0.0926. The van der Waals surface area contributed by atoms with Gasteiger partial charge in [0, 0.05) is 7.05 Å². The van der Waals surface area contributed by atoms with Gasteiger partial charge in [0.05, 0.1) is 17.1 Å². The highest BCUT2D eigenvalue weighted by Gasteiger charge is 2.45. The predicted molar refractivity (Wildman–Crippen MR) is 51.6 cm³/mol. The fourth-order valence-corrected chi connectivity index (χ4v) is 2.03. The molecule has 1 heterocycles. The average Bonchev–Trinajstić information content (AvgIpc) is 1.85. The van der Waals surface area contributed by atoms with Crippen molar-refractivity contribution in [2.24, 2.45) is 11.1 Å². The van der Waals surface area contributed by atoms with Gasteiger partial charge >= 0.3 is 0 Å². The Morgan fingerprint density at radius 3 is 2.09 bits per heavy atom. The number of nitrogens with zero attached hydrogens (tertiary/aromatic N) is 1. The molecule has 0 spiro atoms. The lowest BCUT2D eigenvalue weighted by molar-refractivity contribution is 0.131. The maximum absolute atomic E-state index is 5.86. The first-order chi connectivity index (χ1) is 4.85. The molecule has 1 aliphatic rings. The fourth-order valence-electron chi connectivity index (χ4n) is 1.79. The quantitative estimate of drug-likeness (QED) is 0.553. The second-order valence-corrected chi connectivity index (χ2v) is 4.70. The molecule has 64 valence electrons. The van der Waals surface area contributed by atoms with E-state index in [0.717, 1.165) is 4.99 Å². The van der Waals surface area contributed by atoms with E-state index in [9.17, 15) is 0 Å². The summed E-state index contributed by atoms with van der Waals surface area (Å²) in [7, 11) is 2.02. The highest BCUT2D eigenvalue weighted by atomic mass is 32.1. The Kier molecular flexibility index (Phi) is 1.97. The zero-order chi connectivity index (χ0) is 8.81. The Labute approximate surface area is 73.7 Å². The van der Waals surface area contributed by atoms with E-state index >= 15 is 0 Å². The van der Waals surface area contributed by atoms with Gasteiger partial charge in [-0.1, -0.05) is 33.0 Å². The van der Waals surface area contributed by atoms with Crippen molar-refractivity contribution in [1.29, 1.82) is 0 Å². The smallest absolute Gasteiger partial charge is 0.0971 e. The Bertz CT molecular complexity index is 171. The number of likely N-dealkylation sites (tertiary alicyclic amines) is 1. The van der Waals surface area contributed by atoms with Gasteiger partial charge in [0.25, 0.3) is 0 Å². The summed E-state index contributed by atoms with van der Waals surface area (Å²) in [6.07, 6.45) is 0. The van der Waals surface area contributed by atoms with Gasteiger partial charge in [-0.15, -0.1) is 0 Å². The molecule has 0 aromatic carbocycles. The van der Waals surface area contributed by atoms with Crippen LogP contribution in [0.4, 0.5) is 0 Å². The molecule has 0 amide bonds. The van der Waals surface area contributed by atoms with Crippen molar-refractivity contribution in [3.8, 4) is 0 Å². The third-order valence-corrected chi connectivity index (χ3v) is 2.84. The summed E-state index contributed by atoms with van der Waals surface area (Å²) in [5.41, 5.74) is 6.09.